The van der Waals surface area contributed by atoms with Crippen molar-refractivity contribution in [2.75, 3.05) is 12.4 Å². The minimum absolute atomic E-state index is 0.218. The summed E-state index contributed by atoms with van der Waals surface area (Å²) in [6.07, 6.45) is 3.92. The molecule has 3 heterocycles. The number of pyridine rings is 1. The number of carbonyl (C=O) groups excluding carboxylic acids is 1. The van der Waals surface area contributed by atoms with E-state index in [0.29, 0.717) is 17.0 Å². The van der Waals surface area contributed by atoms with Gasteiger partial charge in [-0.15, -0.1) is 0 Å². The number of nitrogens with one attached hydrogen (secondary N) is 1. The monoisotopic (exact) mass is 397 g/mol. The second-order valence-electron chi connectivity index (χ2n) is 7.04. The van der Waals surface area contributed by atoms with Gasteiger partial charge in [0.2, 0.25) is 0 Å². The number of nitrogens with zero attached hydrogens (tertiary/aromatic N) is 2. The van der Waals surface area contributed by atoms with Crippen molar-refractivity contribution in [3.63, 3.8) is 0 Å². The summed E-state index contributed by atoms with van der Waals surface area (Å²) < 4.78 is 13.1. The number of imidazole rings is 1. The molecule has 6 heteroatoms. The molecule has 0 bridgehead atoms. The van der Waals surface area contributed by atoms with Crippen LogP contribution in [-0.2, 0) is 0 Å². The summed E-state index contributed by atoms with van der Waals surface area (Å²) in [6.45, 7) is 2.02. The van der Waals surface area contributed by atoms with Gasteiger partial charge in [0.1, 0.15) is 5.65 Å². The molecular formula is C24H19N3O3. The quantitative estimate of drug-likeness (QED) is 0.446. The highest BCUT2D eigenvalue weighted by atomic mass is 16.5. The van der Waals surface area contributed by atoms with E-state index in [2.05, 4.69) is 5.32 Å². The molecule has 5 rings (SSSR count). The number of amides is 1. The van der Waals surface area contributed by atoms with E-state index >= 15 is 0 Å². The summed E-state index contributed by atoms with van der Waals surface area (Å²) in [4.78, 5) is 17.7. The number of ether oxygens (including phenoxy) is 1. The van der Waals surface area contributed by atoms with Gasteiger partial charge in [-0.3, -0.25) is 4.79 Å². The van der Waals surface area contributed by atoms with E-state index in [4.69, 9.17) is 14.1 Å². The molecular weight excluding hydrogens is 378 g/mol. The number of carbonyl (C=O) groups is 1. The third-order valence-electron chi connectivity index (χ3n) is 5.08. The molecule has 5 aromatic rings. The zero-order valence-electron chi connectivity index (χ0n) is 16.5. The number of rotatable bonds is 4. The molecule has 1 N–H and O–H groups in total. The van der Waals surface area contributed by atoms with E-state index in [9.17, 15) is 4.79 Å². The van der Waals surface area contributed by atoms with Crippen LogP contribution in [0.5, 0.6) is 5.75 Å². The number of fused-ring (bicyclic) bond motifs is 2. The third-order valence-corrected chi connectivity index (χ3v) is 5.08. The van der Waals surface area contributed by atoms with Gasteiger partial charge in [0, 0.05) is 23.3 Å². The van der Waals surface area contributed by atoms with Gasteiger partial charge in [-0.1, -0.05) is 36.4 Å². The molecule has 30 heavy (non-hydrogen) atoms. The van der Waals surface area contributed by atoms with E-state index in [1.54, 1.807) is 19.2 Å². The maximum absolute atomic E-state index is 12.9. The van der Waals surface area contributed by atoms with E-state index in [0.717, 1.165) is 27.9 Å². The summed E-state index contributed by atoms with van der Waals surface area (Å²) in [5.74, 6) is 0.475. The van der Waals surface area contributed by atoms with Crippen LogP contribution >= 0.6 is 0 Å². The van der Waals surface area contributed by atoms with Crippen molar-refractivity contribution in [3.8, 4) is 17.0 Å². The minimum Gasteiger partial charge on any atom is -0.493 e. The Balaban J connectivity index is 1.51. The molecule has 0 atom stereocenters. The molecule has 6 nitrogen and oxygen atoms in total. The van der Waals surface area contributed by atoms with Gasteiger partial charge >= 0.3 is 0 Å². The molecule has 0 aliphatic heterocycles. The van der Waals surface area contributed by atoms with Gasteiger partial charge in [-0.25, -0.2) is 4.98 Å². The molecule has 0 radical (unpaired) electrons. The first-order valence-corrected chi connectivity index (χ1v) is 9.55. The van der Waals surface area contributed by atoms with Gasteiger partial charge < -0.3 is 18.9 Å². The van der Waals surface area contributed by atoms with Gasteiger partial charge in [-0.2, -0.15) is 0 Å². The first kappa shape index (κ1) is 18.0. The average molecular weight is 397 g/mol. The first-order chi connectivity index (χ1) is 14.6. The number of furan rings is 1. The van der Waals surface area contributed by atoms with Gasteiger partial charge in [0.25, 0.3) is 5.91 Å². The Morgan fingerprint density at radius 2 is 1.97 bits per heavy atom. The molecule has 0 spiro atoms. The molecule has 3 aromatic heterocycles. The number of aromatic nitrogens is 2. The number of para-hydroxylation sites is 2. The molecule has 148 valence electrons. The fourth-order valence-electron chi connectivity index (χ4n) is 3.59. The van der Waals surface area contributed by atoms with Crippen LogP contribution in [0.3, 0.4) is 0 Å². The van der Waals surface area contributed by atoms with Crippen LogP contribution in [0.15, 0.2) is 77.5 Å². The van der Waals surface area contributed by atoms with Gasteiger partial charge in [0.05, 0.1) is 18.5 Å². The van der Waals surface area contributed by atoms with Crippen molar-refractivity contribution < 1.29 is 13.9 Å². The Labute approximate surface area is 172 Å². The van der Waals surface area contributed by atoms with Crippen LogP contribution in [0.1, 0.15) is 16.1 Å². The van der Waals surface area contributed by atoms with E-state index < -0.39 is 0 Å². The topological polar surface area (TPSA) is 68.8 Å². The van der Waals surface area contributed by atoms with Crippen molar-refractivity contribution in [2.45, 2.75) is 6.92 Å². The molecule has 0 fully saturated rings. The lowest BCUT2D eigenvalue weighted by Crippen LogP contribution is -2.11. The van der Waals surface area contributed by atoms with Crippen molar-refractivity contribution in [1.29, 1.82) is 0 Å². The lowest BCUT2D eigenvalue weighted by molar-refractivity contribution is 0.0998. The predicted molar refractivity (Wildman–Crippen MR) is 116 cm³/mol. The molecule has 0 aliphatic carbocycles. The summed E-state index contributed by atoms with van der Waals surface area (Å²) in [5.41, 5.74) is 4.80. The number of hydrogen-bond acceptors (Lipinski definition) is 4. The molecule has 0 unspecified atom stereocenters. The molecule has 0 saturated carbocycles. The highest BCUT2D eigenvalue weighted by Crippen LogP contribution is 2.31. The van der Waals surface area contributed by atoms with Crippen molar-refractivity contribution in [2.24, 2.45) is 0 Å². The zero-order valence-corrected chi connectivity index (χ0v) is 16.5. The smallest absolute Gasteiger partial charge is 0.291 e. The molecule has 0 aliphatic rings. The largest absolute Gasteiger partial charge is 0.493 e. The Bertz CT molecular complexity index is 1400. The fraction of sp³-hybridized carbons (Fsp3) is 0.0833. The second kappa shape index (κ2) is 7.08. The predicted octanol–water partition coefficient (Wildman–Crippen LogP) is 5.32. The highest BCUT2D eigenvalue weighted by molar-refractivity contribution is 6.06. The second-order valence-corrected chi connectivity index (χ2v) is 7.04. The number of hydrogen-bond donors (Lipinski definition) is 1. The lowest BCUT2D eigenvalue weighted by atomic mass is 10.1. The maximum atomic E-state index is 12.9. The SMILES string of the molecule is COc1cccc2cc(C(=O)Nc3ccccc3-c3cn4cccc(C)c4n3)oc12. The average Bonchev–Trinajstić information content (AvgIpc) is 3.39. The van der Waals surface area contributed by atoms with Crippen molar-refractivity contribution in [3.05, 3.63) is 84.4 Å². The van der Waals surface area contributed by atoms with Gasteiger partial charge in [0.15, 0.2) is 17.1 Å². The molecule has 2 aromatic carbocycles. The van der Waals surface area contributed by atoms with E-state index in [-0.39, 0.29) is 11.7 Å². The summed E-state index contributed by atoms with van der Waals surface area (Å²) in [7, 11) is 1.57. The Morgan fingerprint density at radius 1 is 1.10 bits per heavy atom. The minimum atomic E-state index is -0.333. The van der Waals surface area contributed by atoms with Crippen LogP contribution in [-0.4, -0.2) is 22.4 Å². The number of aryl methyl sites for hydroxylation is 1. The van der Waals surface area contributed by atoms with Gasteiger partial charge in [-0.05, 0) is 36.8 Å². The lowest BCUT2D eigenvalue weighted by Gasteiger charge is -2.08. The maximum Gasteiger partial charge on any atom is 0.291 e. The highest BCUT2D eigenvalue weighted by Gasteiger charge is 2.17. The van der Waals surface area contributed by atoms with E-state index in [1.165, 1.54) is 0 Å². The summed E-state index contributed by atoms with van der Waals surface area (Å²) >= 11 is 0. The first-order valence-electron chi connectivity index (χ1n) is 9.55. The third kappa shape index (κ3) is 2.99. The van der Waals surface area contributed by atoms with Crippen molar-refractivity contribution in [1.82, 2.24) is 9.38 Å². The summed E-state index contributed by atoms with van der Waals surface area (Å²) in [6, 6.07) is 18.9. The van der Waals surface area contributed by atoms with Crippen LogP contribution in [0.4, 0.5) is 5.69 Å². The van der Waals surface area contributed by atoms with E-state index in [1.807, 2.05) is 72.2 Å². The van der Waals surface area contributed by atoms with Crippen LogP contribution in [0.25, 0.3) is 27.9 Å². The van der Waals surface area contributed by atoms with Crippen LogP contribution in [0, 0.1) is 6.92 Å². The zero-order chi connectivity index (χ0) is 20.7. The van der Waals surface area contributed by atoms with Crippen LogP contribution in [0.2, 0.25) is 0 Å². The standard InChI is InChI=1S/C24H19N3O3/c1-15-7-6-12-27-14-19(25-23(15)27)17-9-3-4-10-18(17)26-24(28)21-13-16-8-5-11-20(29-2)22(16)30-21/h3-14H,1-2H3,(H,26,28). The Morgan fingerprint density at radius 3 is 2.80 bits per heavy atom. The molecule has 1 amide bonds. The number of anilines is 1. The number of methoxy groups -OCH3 is 1. The van der Waals surface area contributed by atoms with Crippen molar-refractivity contribution >= 4 is 28.2 Å². The number of benzene rings is 2. The summed E-state index contributed by atoms with van der Waals surface area (Å²) in [5, 5.41) is 3.77. The molecule has 0 saturated heterocycles. The Hall–Kier alpha value is -4.06. The Kier molecular flexibility index (Phi) is 4.25. The van der Waals surface area contributed by atoms with Crippen LogP contribution < -0.4 is 10.1 Å². The normalized spacial score (nSPS) is 11.1. The fourth-order valence-corrected chi connectivity index (χ4v) is 3.59.